The number of terminal acetylenes is 3. The maximum atomic E-state index is 13.7. The van der Waals surface area contributed by atoms with Gasteiger partial charge in [-0.3, -0.25) is 14.4 Å². The molecule has 28 heteroatoms. The van der Waals surface area contributed by atoms with Crippen molar-refractivity contribution in [3.8, 4) is 106 Å². The summed E-state index contributed by atoms with van der Waals surface area (Å²) in [7, 11) is 0. The molecular weight excluding hydrogens is 1430 g/mol. The number of piperidine rings is 1. The highest BCUT2D eigenvalue weighted by molar-refractivity contribution is 5.95. The average molecular weight is 1500 g/mol. The van der Waals surface area contributed by atoms with Crippen LogP contribution in [0.2, 0.25) is 0 Å². The van der Waals surface area contributed by atoms with E-state index in [2.05, 4.69) is 102 Å². The molecule has 12 aromatic heterocycles. The van der Waals surface area contributed by atoms with Crippen molar-refractivity contribution in [1.29, 1.82) is 15.8 Å². The zero-order chi connectivity index (χ0) is 78.7. The fraction of sp³-hybridized carbons (Fsp3) is 0.259. The molecule has 1 spiro atoms. The number of rotatable bonds is 18. The molecule has 562 valence electrons. The molecule has 12 aromatic rings. The largest absolute Gasteiger partial charge is 0.492 e. The van der Waals surface area contributed by atoms with Gasteiger partial charge in [-0.15, -0.1) is 19.3 Å². The van der Waals surface area contributed by atoms with E-state index in [0.29, 0.717) is 120 Å². The number of hydrogen-bond donors (Lipinski definition) is 3. The first-order chi connectivity index (χ1) is 55.1. The summed E-state index contributed by atoms with van der Waals surface area (Å²) in [4.78, 5) is 71.3. The first kappa shape index (κ1) is 75.1. The zero-order valence-corrected chi connectivity index (χ0v) is 62.0. The SMILES string of the molecule is C#Cc1cccc(NC(=O)C2CCN(c3ccc(-c4cc(OCC)cn5ncc(C#N)c45)cn3)C2)n1.C#Cc1cccc(NC(=O)C2CN(c3ccc(-c4cc(OCC)cn5ncc(C#N)c45)cn3)C2)n1.C#Cc1nc(NC(=O)C2CCC3(CCN(c4ccc(-c5cc(OCC)cn6ncc(C#N)c56)cn4)CC3)C2)ccc1F. The molecule has 15 heterocycles. The van der Waals surface area contributed by atoms with Crippen molar-refractivity contribution in [2.75, 3.05) is 89.7 Å². The van der Waals surface area contributed by atoms with Gasteiger partial charge in [0.25, 0.3) is 0 Å². The lowest BCUT2D eigenvalue weighted by Crippen LogP contribution is -2.52. The van der Waals surface area contributed by atoms with E-state index in [1.807, 2.05) is 86.5 Å². The zero-order valence-electron chi connectivity index (χ0n) is 62.0. The van der Waals surface area contributed by atoms with E-state index in [1.165, 1.54) is 12.1 Å². The van der Waals surface area contributed by atoms with Gasteiger partial charge in [0.05, 0.1) is 102 Å². The molecule has 3 N–H and O–H groups in total. The Hall–Kier alpha value is -14.7. The van der Waals surface area contributed by atoms with Crippen LogP contribution in [0.4, 0.5) is 39.3 Å². The highest BCUT2D eigenvalue weighted by atomic mass is 19.1. The van der Waals surface area contributed by atoms with Crippen molar-refractivity contribution in [2.24, 2.45) is 23.2 Å². The number of nitrogens with one attached hydrogen (secondary N) is 3. The van der Waals surface area contributed by atoms with Gasteiger partial charge in [0.15, 0.2) is 11.5 Å². The van der Waals surface area contributed by atoms with E-state index in [9.17, 15) is 34.6 Å². The van der Waals surface area contributed by atoms with E-state index >= 15 is 0 Å². The van der Waals surface area contributed by atoms with Crippen LogP contribution in [0.25, 0.3) is 49.9 Å². The van der Waals surface area contributed by atoms with Crippen molar-refractivity contribution in [2.45, 2.75) is 59.3 Å². The number of hydrogen-bond acceptors (Lipinski definition) is 21. The number of nitrogens with zero attached hydrogens (tertiary/aromatic N) is 18. The molecule has 2 unspecified atom stereocenters. The van der Waals surface area contributed by atoms with Crippen molar-refractivity contribution in [1.82, 2.24) is 58.7 Å². The second-order valence-electron chi connectivity index (χ2n) is 27.4. The molecule has 27 nitrogen and oxygen atoms in total. The summed E-state index contributed by atoms with van der Waals surface area (Å²) >= 11 is 0. The van der Waals surface area contributed by atoms with Crippen molar-refractivity contribution < 1.29 is 33.0 Å². The van der Waals surface area contributed by atoms with E-state index in [4.69, 9.17) is 38.5 Å². The van der Waals surface area contributed by atoms with Crippen LogP contribution in [-0.4, -0.2) is 136 Å². The highest BCUT2D eigenvalue weighted by Crippen LogP contribution is 2.50. The van der Waals surface area contributed by atoms with Gasteiger partial charge < -0.3 is 44.9 Å². The Kier molecular flexibility index (Phi) is 22.2. The Balaban J connectivity index is 0.000000141. The maximum Gasteiger partial charge on any atom is 0.232 e. The number of nitriles is 3. The summed E-state index contributed by atoms with van der Waals surface area (Å²) in [6.07, 6.45) is 36.7. The predicted octanol–water partition coefficient (Wildman–Crippen LogP) is 11.8. The van der Waals surface area contributed by atoms with Crippen molar-refractivity contribution in [3.05, 3.63) is 198 Å². The van der Waals surface area contributed by atoms with Crippen LogP contribution in [0.1, 0.15) is 93.1 Å². The minimum Gasteiger partial charge on any atom is -0.492 e. The smallest absolute Gasteiger partial charge is 0.232 e. The Bertz CT molecular complexity index is 5860. The summed E-state index contributed by atoms with van der Waals surface area (Å²) in [5, 5.41) is 50.1. The highest BCUT2D eigenvalue weighted by Gasteiger charge is 2.44. The molecule has 3 aliphatic heterocycles. The number of anilines is 6. The molecular formula is C85H74FN21O6. The minimum absolute atomic E-state index is 0.0873. The predicted molar refractivity (Wildman–Crippen MR) is 423 cm³/mol. The summed E-state index contributed by atoms with van der Waals surface area (Å²) < 4.78 is 35.7. The van der Waals surface area contributed by atoms with E-state index < -0.39 is 5.82 Å². The van der Waals surface area contributed by atoms with Gasteiger partial charge >= 0.3 is 0 Å². The molecule has 2 atom stereocenters. The van der Waals surface area contributed by atoms with Crippen LogP contribution in [0, 0.1) is 100 Å². The Labute approximate surface area is 650 Å². The first-order valence-corrected chi connectivity index (χ1v) is 36.8. The van der Waals surface area contributed by atoms with Crippen molar-refractivity contribution in [3.63, 3.8) is 0 Å². The van der Waals surface area contributed by atoms with Gasteiger partial charge in [0.1, 0.15) is 81.8 Å². The first-order valence-electron chi connectivity index (χ1n) is 36.8. The third kappa shape index (κ3) is 16.4. The molecule has 113 heavy (non-hydrogen) atoms. The number of fused-ring (bicyclic) bond motifs is 3. The molecule has 0 bridgehead atoms. The topological polar surface area (TPSA) is 325 Å². The molecule has 1 saturated carbocycles. The fourth-order valence-corrected chi connectivity index (χ4v) is 14.7. The van der Waals surface area contributed by atoms with Gasteiger partial charge in [-0.05, 0) is 162 Å². The van der Waals surface area contributed by atoms with Gasteiger partial charge in [0.2, 0.25) is 17.7 Å². The summed E-state index contributed by atoms with van der Waals surface area (Å²) in [5.41, 5.74) is 9.59. The minimum atomic E-state index is -0.578. The lowest BCUT2D eigenvalue weighted by atomic mass is 9.76. The standard InChI is InChI=1S/C32H30FN7O2.C27H23N7O2.C26H21N7O2/c1-3-27-26(33)6-7-28(37-27)38-31(41)21-9-10-32(16-21)11-13-39(14-12-32)29-8-5-22(18-35-29)25-15-24(42-4-2)20-40-30(25)23(17-34)19-36-40;1-3-21-6-5-7-24(31-21)32-27(35)19-10-11-33(16-19)25-9-8-18(14-29-25)23-12-22(36-4-2)17-34-26(23)20(13-28)15-30-34;1-3-20-6-5-7-23(30-20)31-26(34)19-14-32(15-19)24-9-8-17(12-28-24)22-10-21(35-4-2)16-33-25(22)18(11-27)13-29-33/h1,5-8,15,18-21H,4,9-14,16H2,2H3,(H,37,38,41);1,5-9,12,14-15,17,19H,4,10-11,16H2,2H3,(H,31,32,35);1,5-10,12-13,16,19H,4,14-15H2,2H3,(H,30,31,34). The van der Waals surface area contributed by atoms with Gasteiger partial charge in [0, 0.05) is 97.2 Å². The molecule has 0 radical (unpaired) electrons. The number of carbonyl (C=O) groups is 3. The van der Waals surface area contributed by atoms with Gasteiger partial charge in [-0.1, -0.05) is 24.0 Å². The Morgan fingerprint density at radius 1 is 0.487 bits per heavy atom. The maximum absolute atomic E-state index is 13.7. The number of halogens is 1. The van der Waals surface area contributed by atoms with Crippen molar-refractivity contribution >= 4 is 69.2 Å². The number of ether oxygens (including phenoxy) is 3. The van der Waals surface area contributed by atoms with Crippen LogP contribution in [-0.2, 0) is 14.4 Å². The number of carbonyl (C=O) groups excluding carboxylic acids is 3. The molecule has 4 aliphatic rings. The third-order valence-corrected chi connectivity index (χ3v) is 20.4. The monoisotopic (exact) mass is 1500 g/mol. The molecule has 3 saturated heterocycles. The molecule has 4 fully saturated rings. The molecule has 16 rings (SSSR count). The number of pyridine rings is 9. The molecule has 0 aromatic carbocycles. The normalized spacial score (nSPS) is 15.3. The van der Waals surface area contributed by atoms with Crippen LogP contribution < -0.4 is 44.9 Å². The average Bonchev–Trinajstić information content (AvgIpc) is 1.74. The number of amides is 3. The number of aromatic nitrogens is 12. The van der Waals surface area contributed by atoms with Crippen LogP contribution >= 0.6 is 0 Å². The Morgan fingerprint density at radius 3 is 1.34 bits per heavy atom. The summed E-state index contributed by atoms with van der Waals surface area (Å²) in [6.45, 7) is 11.4. The van der Waals surface area contributed by atoms with Gasteiger partial charge in [-0.2, -0.15) is 31.1 Å². The second-order valence-corrected chi connectivity index (χ2v) is 27.4. The lowest BCUT2D eigenvalue weighted by Gasteiger charge is -2.40. The fourth-order valence-electron chi connectivity index (χ4n) is 14.7. The quantitative estimate of drug-likeness (QED) is 0.0672. The Morgan fingerprint density at radius 2 is 0.912 bits per heavy atom. The summed E-state index contributed by atoms with van der Waals surface area (Å²) in [6, 6.07) is 37.2. The second kappa shape index (κ2) is 33.4. The van der Waals surface area contributed by atoms with Crippen LogP contribution in [0.3, 0.4) is 0 Å². The van der Waals surface area contributed by atoms with E-state index in [-0.39, 0.29) is 52.4 Å². The van der Waals surface area contributed by atoms with Gasteiger partial charge in [-0.25, -0.2) is 47.8 Å². The van der Waals surface area contributed by atoms with Crippen LogP contribution in [0.5, 0.6) is 17.2 Å². The van der Waals surface area contributed by atoms with Crippen LogP contribution in [0.15, 0.2) is 159 Å². The molecule has 3 amide bonds. The van der Waals surface area contributed by atoms with E-state index in [1.54, 1.807) is 99.5 Å². The molecule has 1 aliphatic carbocycles. The third-order valence-electron chi connectivity index (χ3n) is 20.4. The summed E-state index contributed by atoms with van der Waals surface area (Å²) in [5.74, 6) is 11.5. The van der Waals surface area contributed by atoms with E-state index in [0.717, 1.165) is 102 Å². The lowest BCUT2D eigenvalue weighted by molar-refractivity contribution is -0.121.